The number of amides is 2. The number of fused-ring (bicyclic) bond motifs is 1. The Kier molecular flexibility index (Phi) is 4.90. The van der Waals surface area contributed by atoms with Gasteiger partial charge in [-0.05, 0) is 12.1 Å². The molecular formula is C17H17N3O4S. The Balaban J connectivity index is 1.79. The third-order valence-corrected chi connectivity index (χ3v) is 4.40. The number of carbonyl (C=O) groups is 1. The Labute approximate surface area is 148 Å². The Morgan fingerprint density at radius 1 is 0.960 bits per heavy atom. The standard InChI is InChI=1S/C17H17N3O4S/c1-22-12-7-5-4-6-10(12)18-16(21)20-17-19-11-8-13(23-2)14(24-3)9-15(11)25-17/h4-9H,1-3H3,(H2,18,19,20,21). The molecule has 2 aromatic carbocycles. The normalized spacial score (nSPS) is 10.4. The van der Waals surface area contributed by atoms with Gasteiger partial charge in [0.15, 0.2) is 16.6 Å². The Morgan fingerprint density at radius 2 is 1.64 bits per heavy atom. The summed E-state index contributed by atoms with van der Waals surface area (Å²) in [7, 11) is 4.69. The molecule has 3 aromatic rings. The largest absolute Gasteiger partial charge is 0.495 e. The molecule has 0 saturated carbocycles. The van der Waals surface area contributed by atoms with Gasteiger partial charge in [-0.3, -0.25) is 5.32 Å². The van der Waals surface area contributed by atoms with Gasteiger partial charge in [-0.2, -0.15) is 0 Å². The molecule has 1 aromatic heterocycles. The molecule has 0 unspecified atom stereocenters. The lowest BCUT2D eigenvalue weighted by Crippen LogP contribution is -2.19. The summed E-state index contributed by atoms with van der Waals surface area (Å²) in [5.41, 5.74) is 1.29. The molecule has 0 aliphatic heterocycles. The van der Waals surface area contributed by atoms with Crippen molar-refractivity contribution in [2.75, 3.05) is 32.0 Å². The molecule has 0 fully saturated rings. The number of benzene rings is 2. The first-order chi connectivity index (χ1) is 12.1. The quantitative estimate of drug-likeness (QED) is 0.720. The van der Waals surface area contributed by atoms with Crippen molar-refractivity contribution >= 4 is 38.4 Å². The molecule has 130 valence electrons. The molecule has 3 rings (SSSR count). The molecule has 1 heterocycles. The molecule has 0 atom stereocenters. The van der Waals surface area contributed by atoms with Gasteiger partial charge in [0.2, 0.25) is 0 Å². The number of nitrogens with one attached hydrogen (secondary N) is 2. The minimum atomic E-state index is -0.400. The van der Waals surface area contributed by atoms with Crippen LogP contribution in [0, 0.1) is 0 Å². The van der Waals surface area contributed by atoms with Crippen LogP contribution in [-0.4, -0.2) is 32.3 Å². The van der Waals surface area contributed by atoms with Crippen LogP contribution >= 0.6 is 11.3 Å². The summed E-state index contributed by atoms with van der Waals surface area (Å²) in [6.07, 6.45) is 0. The van der Waals surface area contributed by atoms with Crippen molar-refractivity contribution < 1.29 is 19.0 Å². The number of hydrogen-bond acceptors (Lipinski definition) is 6. The fourth-order valence-corrected chi connectivity index (χ4v) is 3.18. The van der Waals surface area contributed by atoms with Crippen molar-refractivity contribution in [3.05, 3.63) is 36.4 Å². The minimum absolute atomic E-state index is 0.400. The number of hydrogen-bond donors (Lipinski definition) is 2. The lowest BCUT2D eigenvalue weighted by molar-refractivity contribution is 0.262. The predicted octanol–water partition coefficient (Wildman–Crippen LogP) is 3.97. The molecule has 25 heavy (non-hydrogen) atoms. The van der Waals surface area contributed by atoms with Gasteiger partial charge >= 0.3 is 6.03 Å². The number of urea groups is 1. The highest BCUT2D eigenvalue weighted by atomic mass is 32.1. The molecule has 0 aliphatic rings. The number of nitrogens with zero attached hydrogens (tertiary/aromatic N) is 1. The average Bonchev–Trinajstić information content (AvgIpc) is 3.01. The summed E-state index contributed by atoms with van der Waals surface area (Å²) >= 11 is 1.34. The minimum Gasteiger partial charge on any atom is -0.495 e. The van der Waals surface area contributed by atoms with E-state index in [0.29, 0.717) is 28.1 Å². The van der Waals surface area contributed by atoms with Gasteiger partial charge in [-0.25, -0.2) is 9.78 Å². The molecule has 0 spiro atoms. The summed E-state index contributed by atoms with van der Waals surface area (Å²) in [5.74, 6) is 1.78. The third kappa shape index (κ3) is 3.58. The van der Waals surface area contributed by atoms with Crippen LogP contribution in [-0.2, 0) is 0 Å². The van der Waals surface area contributed by atoms with E-state index in [4.69, 9.17) is 14.2 Å². The Hall–Kier alpha value is -3.00. The lowest BCUT2D eigenvalue weighted by atomic mass is 10.3. The molecule has 0 radical (unpaired) electrons. The molecular weight excluding hydrogens is 342 g/mol. The highest BCUT2D eigenvalue weighted by Gasteiger charge is 2.13. The molecule has 0 bridgehead atoms. The zero-order valence-electron chi connectivity index (χ0n) is 14.0. The summed E-state index contributed by atoms with van der Waals surface area (Å²) in [4.78, 5) is 16.6. The van der Waals surface area contributed by atoms with Crippen molar-refractivity contribution in [2.45, 2.75) is 0 Å². The van der Waals surface area contributed by atoms with Crippen LogP contribution in [0.25, 0.3) is 10.2 Å². The summed E-state index contributed by atoms with van der Waals surface area (Å²) in [5, 5.41) is 5.94. The number of para-hydroxylation sites is 2. The van der Waals surface area contributed by atoms with Crippen molar-refractivity contribution in [3.8, 4) is 17.2 Å². The summed E-state index contributed by atoms with van der Waals surface area (Å²) in [6.45, 7) is 0. The zero-order chi connectivity index (χ0) is 17.8. The van der Waals surface area contributed by atoms with Crippen LogP contribution < -0.4 is 24.8 Å². The first-order valence-corrected chi connectivity index (χ1v) is 8.20. The lowest BCUT2D eigenvalue weighted by Gasteiger charge is -2.09. The van der Waals surface area contributed by atoms with Gasteiger partial charge in [-0.1, -0.05) is 23.5 Å². The number of carbonyl (C=O) groups excluding carboxylic acids is 1. The second-order valence-corrected chi connectivity index (χ2v) is 6.00. The van der Waals surface area contributed by atoms with E-state index in [-0.39, 0.29) is 0 Å². The van der Waals surface area contributed by atoms with E-state index >= 15 is 0 Å². The van der Waals surface area contributed by atoms with Crippen molar-refractivity contribution in [2.24, 2.45) is 0 Å². The van der Waals surface area contributed by atoms with Gasteiger partial charge in [0.1, 0.15) is 5.75 Å². The van der Waals surface area contributed by atoms with Gasteiger partial charge in [0.05, 0.1) is 37.2 Å². The Morgan fingerprint density at radius 3 is 2.36 bits per heavy atom. The second-order valence-electron chi connectivity index (χ2n) is 4.97. The third-order valence-electron chi connectivity index (χ3n) is 3.47. The van der Waals surface area contributed by atoms with Crippen molar-refractivity contribution in [1.82, 2.24) is 4.98 Å². The maximum Gasteiger partial charge on any atom is 0.325 e. The van der Waals surface area contributed by atoms with Gasteiger partial charge in [-0.15, -0.1) is 0 Å². The van der Waals surface area contributed by atoms with Gasteiger partial charge in [0.25, 0.3) is 0 Å². The van der Waals surface area contributed by atoms with E-state index in [9.17, 15) is 4.79 Å². The molecule has 2 amide bonds. The molecule has 0 aliphatic carbocycles. The van der Waals surface area contributed by atoms with E-state index in [1.54, 1.807) is 39.5 Å². The molecule has 7 nitrogen and oxygen atoms in total. The van der Waals surface area contributed by atoms with E-state index in [0.717, 1.165) is 10.2 Å². The second kappa shape index (κ2) is 7.27. The number of rotatable bonds is 5. The number of thiazole rings is 1. The van der Waals surface area contributed by atoms with Crippen molar-refractivity contribution in [3.63, 3.8) is 0 Å². The van der Waals surface area contributed by atoms with Crippen LogP contribution in [0.4, 0.5) is 15.6 Å². The van der Waals surface area contributed by atoms with Crippen LogP contribution in [0.15, 0.2) is 36.4 Å². The maximum atomic E-state index is 12.2. The number of methoxy groups -OCH3 is 3. The topological polar surface area (TPSA) is 81.7 Å². The first kappa shape index (κ1) is 16.8. The maximum absolute atomic E-state index is 12.2. The van der Waals surface area contributed by atoms with Crippen LogP contribution in [0.5, 0.6) is 17.2 Å². The fraction of sp³-hybridized carbons (Fsp3) is 0.176. The van der Waals surface area contributed by atoms with Crippen molar-refractivity contribution in [1.29, 1.82) is 0 Å². The predicted molar refractivity (Wildman–Crippen MR) is 98.4 cm³/mol. The van der Waals surface area contributed by atoms with E-state index in [1.807, 2.05) is 18.2 Å². The highest BCUT2D eigenvalue weighted by molar-refractivity contribution is 7.22. The fourth-order valence-electron chi connectivity index (χ4n) is 2.31. The molecule has 8 heteroatoms. The smallest absolute Gasteiger partial charge is 0.325 e. The SMILES string of the molecule is COc1ccccc1NC(=O)Nc1nc2cc(OC)c(OC)cc2s1. The van der Waals surface area contributed by atoms with E-state index in [1.165, 1.54) is 11.3 Å². The Bertz CT molecular complexity index is 869. The summed E-state index contributed by atoms with van der Waals surface area (Å²) in [6, 6.07) is 10.4. The number of anilines is 2. The zero-order valence-corrected chi connectivity index (χ0v) is 14.8. The van der Waals surface area contributed by atoms with Crippen LogP contribution in [0.1, 0.15) is 0 Å². The average molecular weight is 359 g/mol. The van der Waals surface area contributed by atoms with Crippen LogP contribution in [0.2, 0.25) is 0 Å². The molecule has 0 saturated heterocycles. The van der Waals surface area contributed by atoms with E-state index < -0.39 is 6.03 Å². The molecule has 2 N–H and O–H groups in total. The van der Waals surface area contributed by atoms with E-state index in [2.05, 4.69) is 15.6 Å². The van der Waals surface area contributed by atoms with Gasteiger partial charge in [0, 0.05) is 12.1 Å². The van der Waals surface area contributed by atoms with Crippen LogP contribution in [0.3, 0.4) is 0 Å². The monoisotopic (exact) mass is 359 g/mol. The van der Waals surface area contributed by atoms with Gasteiger partial charge < -0.3 is 19.5 Å². The first-order valence-electron chi connectivity index (χ1n) is 7.38. The number of aromatic nitrogens is 1. The summed E-state index contributed by atoms with van der Waals surface area (Å²) < 4.78 is 16.6. The number of ether oxygens (including phenoxy) is 3. The highest BCUT2D eigenvalue weighted by Crippen LogP contribution is 2.36.